The predicted molar refractivity (Wildman–Crippen MR) is 68.1 cm³/mol. The van der Waals surface area contributed by atoms with E-state index in [9.17, 15) is 4.39 Å². The van der Waals surface area contributed by atoms with E-state index in [1.54, 1.807) is 10.7 Å². The molecule has 0 bridgehead atoms. The van der Waals surface area contributed by atoms with Crippen LogP contribution in [0.4, 0.5) is 4.39 Å². The van der Waals surface area contributed by atoms with Crippen LogP contribution < -0.4 is 5.32 Å². The molecule has 1 aromatic carbocycles. The van der Waals surface area contributed by atoms with E-state index in [1.165, 1.54) is 25.0 Å². The van der Waals surface area contributed by atoms with Crippen molar-refractivity contribution in [3.63, 3.8) is 0 Å². The summed E-state index contributed by atoms with van der Waals surface area (Å²) in [4.78, 5) is 0. The Balaban J connectivity index is 1.80. The highest BCUT2D eigenvalue weighted by Gasteiger charge is 2.20. The normalized spacial score (nSPS) is 15.0. The Bertz CT molecular complexity index is 558. The lowest BCUT2D eigenvalue weighted by molar-refractivity contribution is 0.623. The Morgan fingerprint density at radius 2 is 2.22 bits per heavy atom. The van der Waals surface area contributed by atoms with Gasteiger partial charge >= 0.3 is 0 Å². The van der Waals surface area contributed by atoms with Gasteiger partial charge in [0.25, 0.3) is 0 Å². The quantitative estimate of drug-likeness (QED) is 0.897. The Kier molecular flexibility index (Phi) is 2.88. The minimum Gasteiger partial charge on any atom is -0.308 e. The number of aryl methyl sites for hydroxylation is 1. The summed E-state index contributed by atoms with van der Waals surface area (Å²) < 4.78 is 15.0. The van der Waals surface area contributed by atoms with Crippen LogP contribution in [0.25, 0.3) is 5.69 Å². The molecule has 1 N–H and O–H groups in total. The van der Waals surface area contributed by atoms with Crippen LogP contribution in [0.2, 0.25) is 0 Å². The molecule has 0 atom stereocenters. The van der Waals surface area contributed by atoms with Gasteiger partial charge in [0.1, 0.15) is 5.82 Å². The first kappa shape index (κ1) is 11.4. The maximum Gasteiger partial charge on any atom is 0.125 e. The molecule has 2 aromatic rings. The van der Waals surface area contributed by atoms with Gasteiger partial charge in [-0.3, -0.25) is 0 Å². The van der Waals surface area contributed by atoms with Gasteiger partial charge in [0, 0.05) is 18.8 Å². The molecule has 0 radical (unpaired) electrons. The number of nitrogens with zero attached hydrogens (tertiary/aromatic N) is 2. The Morgan fingerprint density at radius 1 is 1.39 bits per heavy atom. The molecule has 0 aliphatic heterocycles. The van der Waals surface area contributed by atoms with Crippen LogP contribution in [0.5, 0.6) is 0 Å². The van der Waals surface area contributed by atoms with Gasteiger partial charge in [0.05, 0.1) is 11.4 Å². The molecule has 1 saturated carbocycles. The molecular weight excluding hydrogens is 229 g/mol. The van der Waals surface area contributed by atoms with Crippen molar-refractivity contribution in [3.05, 3.63) is 47.5 Å². The summed E-state index contributed by atoms with van der Waals surface area (Å²) in [6.07, 6.45) is 4.42. The van der Waals surface area contributed by atoms with Gasteiger partial charge < -0.3 is 5.32 Å². The zero-order valence-corrected chi connectivity index (χ0v) is 10.4. The minimum absolute atomic E-state index is 0.233. The average Bonchev–Trinajstić information content (AvgIpc) is 3.08. The summed E-state index contributed by atoms with van der Waals surface area (Å²) in [6.45, 7) is 2.74. The molecule has 0 unspecified atom stereocenters. The minimum atomic E-state index is -0.233. The third-order valence-electron chi connectivity index (χ3n) is 3.21. The van der Waals surface area contributed by atoms with E-state index in [0.717, 1.165) is 23.5 Å². The van der Waals surface area contributed by atoms with E-state index in [4.69, 9.17) is 0 Å². The fourth-order valence-electron chi connectivity index (χ4n) is 1.96. The van der Waals surface area contributed by atoms with E-state index in [0.29, 0.717) is 6.04 Å². The van der Waals surface area contributed by atoms with E-state index >= 15 is 0 Å². The van der Waals surface area contributed by atoms with Crippen molar-refractivity contribution >= 4 is 0 Å². The van der Waals surface area contributed by atoms with Gasteiger partial charge in [-0.25, -0.2) is 9.07 Å². The number of benzene rings is 1. The van der Waals surface area contributed by atoms with E-state index in [2.05, 4.69) is 10.4 Å². The van der Waals surface area contributed by atoms with Gasteiger partial charge in [-0.05, 0) is 43.5 Å². The third kappa shape index (κ3) is 2.43. The molecule has 3 rings (SSSR count). The van der Waals surface area contributed by atoms with Crippen LogP contribution >= 0.6 is 0 Å². The number of aromatic nitrogens is 2. The van der Waals surface area contributed by atoms with Crippen molar-refractivity contribution in [2.24, 2.45) is 0 Å². The molecule has 1 heterocycles. The van der Waals surface area contributed by atoms with Gasteiger partial charge in [-0.2, -0.15) is 5.10 Å². The Morgan fingerprint density at radius 3 is 3.00 bits per heavy atom. The number of halogens is 1. The largest absolute Gasteiger partial charge is 0.308 e. The van der Waals surface area contributed by atoms with E-state index in [1.807, 2.05) is 19.2 Å². The lowest BCUT2D eigenvalue weighted by Gasteiger charge is -2.05. The van der Waals surface area contributed by atoms with Crippen molar-refractivity contribution < 1.29 is 4.39 Å². The van der Waals surface area contributed by atoms with Gasteiger partial charge in [-0.15, -0.1) is 0 Å². The fourth-order valence-corrected chi connectivity index (χ4v) is 1.96. The molecule has 0 saturated heterocycles. The highest BCUT2D eigenvalue weighted by Crippen LogP contribution is 2.19. The topological polar surface area (TPSA) is 29.9 Å². The lowest BCUT2D eigenvalue weighted by Crippen LogP contribution is -2.15. The maximum atomic E-state index is 13.2. The first-order valence-electron chi connectivity index (χ1n) is 6.27. The highest BCUT2D eigenvalue weighted by atomic mass is 19.1. The smallest absolute Gasteiger partial charge is 0.125 e. The summed E-state index contributed by atoms with van der Waals surface area (Å²) in [6, 6.07) is 7.40. The number of hydrogen-bond donors (Lipinski definition) is 1. The summed E-state index contributed by atoms with van der Waals surface area (Å²) in [5.41, 5.74) is 2.81. The maximum absolute atomic E-state index is 13.2. The zero-order chi connectivity index (χ0) is 12.5. The predicted octanol–water partition coefficient (Wildman–Crippen LogP) is 2.57. The van der Waals surface area contributed by atoms with Crippen LogP contribution in [0.3, 0.4) is 0 Å². The van der Waals surface area contributed by atoms with Crippen LogP contribution in [0.1, 0.15) is 24.1 Å². The van der Waals surface area contributed by atoms with Crippen molar-refractivity contribution in [3.8, 4) is 5.69 Å². The lowest BCUT2D eigenvalue weighted by atomic mass is 10.2. The molecule has 1 aliphatic carbocycles. The monoisotopic (exact) mass is 245 g/mol. The number of hydrogen-bond acceptors (Lipinski definition) is 2. The second kappa shape index (κ2) is 4.53. The zero-order valence-electron chi connectivity index (χ0n) is 10.4. The fraction of sp³-hybridized carbons (Fsp3) is 0.357. The molecule has 0 spiro atoms. The van der Waals surface area contributed by atoms with E-state index < -0.39 is 0 Å². The molecule has 3 nitrogen and oxygen atoms in total. The molecule has 1 aromatic heterocycles. The molecule has 1 fully saturated rings. The molecule has 18 heavy (non-hydrogen) atoms. The average molecular weight is 245 g/mol. The summed E-state index contributed by atoms with van der Waals surface area (Å²) in [5, 5.41) is 7.88. The third-order valence-corrected chi connectivity index (χ3v) is 3.21. The standard InChI is InChI=1S/C14H16FN3/c1-10-2-3-11(15)8-14(10)18-7-6-13(17-18)9-16-12-4-5-12/h2-3,6-8,12,16H,4-5,9H2,1H3. The summed E-state index contributed by atoms with van der Waals surface area (Å²) >= 11 is 0. The first-order valence-corrected chi connectivity index (χ1v) is 6.27. The van der Waals surface area contributed by atoms with Crippen LogP contribution in [-0.2, 0) is 6.54 Å². The van der Waals surface area contributed by atoms with Gasteiger partial charge in [0.15, 0.2) is 0 Å². The Labute approximate surface area is 106 Å². The van der Waals surface area contributed by atoms with Crippen molar-refractivity contribution in [2.75, 3.05) is 0 Å². The molecule has 0 amide bonds. The number of nitrogens with one attached hydrogen (secondary N) is 1. The van der Waals surface area contributed by atoms with Crippen LogP contribution in [0, 0.1) is 12.7 Å². The SMILES string of the molecule is Cc1ccc(F)cc1-n1ccc(CNC2CC2)n1. The van der Waals surface area contributed by atoms with E-state index in [-0.39, 0.29) is 5.82 Å². The molecule has 1 aliphatic rings. The van der Waals surface area contributed by atoms with Gasteiger partial charge in [0.2, 0.25) is 0 Å². The first-order chi connectivity index (χ1) is 8.72. The second-order valence-electron chi connectivity index (χ2n) is 4.84. The molecule has 94 valence electrons. The highest BCUT2D eigenvalue weighted by molar-refractivity contribution is 5.39. The van der Waals surface area contributed by atoms with Crippen molar-refractivity contribution in [1.29, 1.82) is 0 Å². The van der Waals surface area contributed by atoms with Crippen LogP contribution in [0.15, 0.2) is 30.5 Å². The number of rotatable bonds is 4. The summed E-state index contributed by atoms with van der Waals surface area (Å²) in [7, 11) is 0. The second-order valence-corrected chi connectivity index (χ2v) is 4.84. The van der Waals surface area contributed by atoms with Crippen molar-refractivity contribution in [2.45, 2.75) is 32.4 Å². The Hall–Kier alpha value is -1.68. The molecular formula is C14H16FN3. The molecule has 4 heteroatoms. The van der Waals surface area contributed by atoms with Crippen molar-refractivity contribution in [1.82, 2.24) is 15.1 Å². The summed E-state index contributed by atoms with van der Waals surface area (Å²) in [5.74, 6) is -0.233. The van der Waals surface area contributed by atoms with Crippen LogP contribution in [-0.4, -0.2) is 15.8 Å². The van der Waals surface area contributed by atoms with Gasteiger partial charge in [-0.1, -0.05) is 6.07 Å².